The predicted octanol–water partition coefficient (Wildman–Crippen LogP) is 2.16. The largest absolute Gasteiger partial charge is 0.480 e. The molecule has 0 bridgehead atoms. The molecule has 1 atom stereocenters. The quantitative estimate of drug-likeness (QED) is 0.622. The van der Waals surface area contributed by atoms with Gasteiger partial charge in [0.2, 0.25) is 0 Å². The van der Waals surface area contributed by atoms with Crippen LogP contribution in [0, 0.1) is 15.9 Å². The molecule has 0 saturated carbocycles. The highest BCUT2D eigenvalue weighted by Crippen LogP contribution is 2.19. The fraction of sp³-hybridized carbons (Fsp3) is 0.125. The summed E-state index contributed by atoms with van der Waals surface area (Å²) >= 11 is 0. The number of benzene rings is 2. The number of carbonyl (C=O) groups is 2. The standard InChI is InChI=1S/C16H13FN2O5/c17-12-7-3-2-6-11(12)15(20)18-13(16(21)22)9-10-5-1-4-8-14(10)19(23)24/h1-8,13H,9H2,(H,18,20)(H,21,22)/t13-/m1/s1. The van der Waals surface area contributed by atoms with Crippen LogP contribution in [0.5, 0.6) is 0 Å². The van der Waals surface area contributed by atoms with E-state index in [1.54, 1.807) is 0 Å². The van der Waals surface area contributed by atoms with Crippen molar-refractivity contribution in [3.8, 4) is 0 Å². The number of aliphatic carboxylic acids is 1. The molecule has 0 spiro atoms. The molecule has 2 aromatic carbocycles. The molecule has 0 aliphatic heterocycles. The summed E-state index contributed by atoms with van der Waals surface area (Å²) in [5, 5.41) is 22.4. The topological polar surface area (TPSA) is 110 Å². The smallest absolute Gasteiger partial charge is 0.326 e. The number of para-hydroxylation sites is 1. The van der Waals surface area contributed by atoms with Crippen LogP contribution >= 0.6 is 0 Å². The lowest BCUT2D eigenvalue weighted by atomic mass is 10.0. The lowest BCUT2D eigenvalue weighted by Crippen LogP contribution is -2.42. The number of amides is 1. The normalized spacial score (nSPS) is 11.5. The number of carboxylic acid groups (broad SMARTS) is 1. The lowest BCUT2D eigenvalue weighted by Gasteiger charge is -2.15. The number of nitrogens with zero attached hydrogens (tertiary/aromatic N) is 1. The van der Waals surface area contributed by atoms with Crippen molar-refractivity contribution in [1.82, 2.24) is 5.32 Å². The van der Waals surface area contributed by atoms with Crippen LogP contribution in [0.3, 0.4) is 0 Å². The zero-order chi connectivity index (χ0) is 17.7. The third kappa shape index (κ3) is 3.92. The number of hydrogen-bond donors (Lipinski definition) is 2. The van der Waals surface area contributed by atoms with E-state index in [0.717, 1.165) is 6.07 Å². The zero-order valence-corrected chi connectivity index (χ0v) is 12.3. The van der Waals surface area contributed by atoms with Crippen LogP contribution in [0.1, 0.15) is 15.9 Å². The molecule has 2 rings (SSSR count). The summed E-state index contributed by atoms with van der Waals surface area (Å²) in [6.07, 6.45) is -0.299. The molecule has 0 aromatic heterocycles. The molecule has 2 aromatic rings. The third-order valence-electron chi connectivity index (χ3n) is 3.33. The van der Waals surface area contributed by atoms with Gasteiger partial charge in [-0.25, -0.2) is 9.18 Å². The van der Waals surface area contributed by atoms with Gasteiger partial charge in [-0.3, -0.25) is 14.9 Å². The Morgan fingerprint density at radius 1 is 1.17 bits per heavy atom. The summed E-state index contributed by atoms with van der Waals surface area (Å²) < 4.78 is 13.6. The average molecular weight is 332 g/mol. The lowest BCUT2D eigenvalue weighted by molar-refractivity contribution is -0.385. The third-order valence-corrected chi connectivity index (χ3v) is 3.33. The van der Waals surface area contributed by atoms with E-state index in [0.29, 0.717) is 0 Å². The second-order valence-corrected chi connectivity index (χ2v) is 4.93. The summed E-state index contributed by atoms with van der Waals surface area (Å²) in [5.74, 6) is -3.07. The van der Waals surface area contributed by atoms with Crippen LogP contribution in [0.2, 0.25) is 0 Å². The first-order valence-electron chi connectivity index (χ1n) is 6.90. The molecule has 0 saturated heterocycles. The minimum absolute atomic E-state index is 0.156. The van der Waals surface area contributed by atoms with Gasteiger partial charge in [0, 0.05) is 18.1 Å². The van der Waals surface area contributed by atoms with Crippen molar-refractivity contribution >= 4 is 17.6 Å². The Kier molecular flexibility index (Phi) is 5.20. The van der Waals surface area contributed by atoms with Crippen LogP contribution in [0.4, 0.5) is 10.1 Å². The van der Waals surface area contributed by atoms with Gasteiger partial charge in [0.15, 0.2) is 0 Å². The fourth-order valence-corrected chi connectivity index (χ4v) is 2.16. The van der Waals surface area contributed by atoms with Gasteiger partial charge in [-0.2, -0.15) is 0 Å². The maximum atomic E-state index is 13.6. The number of hydrogen-bond acceptors (Lipinski definition) is 4. The second kappa shape index (κ2) is 7.32. The molecule has 0 unspecified atom stereocenters. The van der Waals surface area contributed by atoms with E-state index in [1.165, 1.54) is 42.5 Å². The van der Waals surface area contributed by atoms with Crippen molar-refractivity contribution in [2.45, 2.75) is 12.5 Å². The SMILES string of the molecule is O=C(N[C@H](Cc1ccccc1[N+](=O)[O-])C(=O)O)c1ccccc1F. The first-order chi connectivity index (χ1) is 11.4. The van der Waals surface area contributed by atoms with Gasteiger partial charge in [-0.15, -0.1) is 0 Å². The molecule has 0 heterocycles. The van der Waals surface area contributed by atoms with E-state index >= 15 is 0 Å². The number of rotatable bonds is 6. The van der Waals surface area contributed by atoms with E-state index in [4.69, 9.17) is 0 Å². The highest BCUT2D eigenvalue weighted by molar-refractivity contribution is 5.96. The van der Waals surface area contributed by atoms with Crippen molar-refractivity contribution in [3.05, 3.63) is 75.6 Å². The van der Waals surface area contributed by atoms with E-state index in [1.807, 2.05) is 0 Å². The monoisotopic (exact) mass is 332 g/mol. The molecule has 7 nitrogen and oxygen atoms in total. The van der Waals surface area contributed by atoms with Crippen molar-refractivity contribution in [2.24, 2.45) is 0 Å². The number of nitro benzene ring substituents is 1. The Hall–Kier alpha value is -3.29. The summed E-state index contributed by atoms with van der Waals surface area (Å²) in [5.41, 5.74) is -0.390. The number of nitrogens with one attached hydrogen (secondary N) is 1. The Balaban J connectivity index is 2.22. The highest BCUT2D eigenvalue weighted by Gasteiger charge is 2.25. The maximum absolute atomic E-state index is 13.6. The summed E-state index contributed by atoms with van der Waals surface area (Å²) in [7, 11) is 0. The van der Waals surface area contributed by atoms with Gasteiger partial charge in [0.05, 0.1) is 10.5 Å². The van der Waals surface area contributed by atoms with Crippen LogP contribution in [0.15, 0.2) is 48.5 Å². The van der Waals surface area contributed by atoms with Crippen molar-refractivity contribution < 1.29 is 24.0 Å². The van der Waals surface area contributed by atoms with Gasteiger partial charge in [-0.05, 0) is 12.1 Å². The molecule has 8 heteroatoms. The Morgan fingerprint density at radius 2 is 1.79 bits per heavy atom. The van der Waals surface area contributed by atoms with Gasteiger partial charge in [0.25, 0.3) is 11.6 Å². The van der Waals surface area contributed by atoms with Gasteiger partial charge in [-0.1, -0.05) is 30.3 Å². The van der Waals surface area contributed by atoms with E-state index in [-0.39, 0.29) is 23.2 Å². The number of carbonyl (C=O) groups excluding carboxylic acids is 1. The van der Waals surface area contributed by atoms with Gasteiger partial charge < -0.3 is 10.4 Å². The molecule has 1 amide bonds. The first-order valence-corrected chi connectivity index (χ1v) is 6.90. The van der Waals surface area contributed by atoms with E-state index in [2.05, 4.69) is 5.32 Å². The molecule has 2 N–H and O–H groups in total. The summed E-state index contributed by atoms with van der Waals surface area (Å²) in [4.78, 5) is 33.8. The molecule has 0 radical (unpaired) electrons. The molecule has 124 valence electrons. The van der Waals surface area contributed by atoms with Gasteiger partial charge in [0.1, 0.15) is 11.9 Å². The number of carboxylic acids is 1. The second-order valence-electron chi connectivity index (χ2n) is 4.93. The van der Waals surface area contributed by atoms with Crippen molar-refractivity contribution in [1.29, 1.82) is 0 Å². The number of halogens is 1. The highest BCUT2D eigenvalue weighted by atomic mass is 19.1. The minimum Gasteiger partial charge on any atom is -0.480 e. The Labute approximate surface area is 135 Å². The summed E-state index contributed by atoms with van der Waals surface area (Å²) in [6, 6.07) is 9.33. The predicted molar refractivity (Wildman–Crippen MR) is 82.1 cm³/mol. The van der Waals surface area contributed by atoms with E-state index in [9.17, 15) is 29.2 Å². The fourth-order valence-electron chi connectivity index (χ4n) is 2.16. The van der Waals surface area contributed by atoms with Crippen LogP contribution in [0.25, 0.3) is 0 Å². The molecular formula is C16H13FN2O5. The minimum atomic E-state index is -1.43. The molecule has 0 aliphatic rings. The van der Waals surface area contributed by atoms with Gasteiger partial charge >= 0.3 is 5.97 Å². The zero-order valence-electron chi connectivity index (χ0n) is 12.3. The number of nitro groups is 1. The van der Waals surface area contributed by atoms with Crippen LogP contribution < -0.4 is 5.32 Å². The maximum Gasteiger partial charge on any atom is 0.326 e. The molecular weight excluding hydrogens is 319 g/mol. The Bertz CT molecular complexity index is 794. The van der Waals surface area contributed by atoms with E-state index < -0.39 is 28.7 Å². The first kappa shape index (κ1) is 17.1. The van der Waals surface area contributed by atoms with Crippen LogP contribution in [-0.2, 0) is 11.2 Å². The van der Waals surface area contributed by atoms with Crippen molar-refractivity contribution in [2.75, 3.05) is 0 Å². The Morgan fingerprint density at radius 3 is 2.42 bits per heavy atom. The van der Waals surface area contributed by atoms with Crippen molar-refractivity contribution in [3.63, 3.8) is 0 Å². The average Bonchev–Trinajstić information content (AvgIpc) is 2.54. The molecule has 0 fully saturated rings. The molecule has 0 aliphatic carbocycles. The summed E-state index contributed by atoms with van der Waals surface area (Å²) in [6.45, 7) is 0. The van der Waals surface area contributed by atoms with Crippen LogP contribution in [-0.4, -0.2) is 27.9 Å². The molecule has 24 heavy (non-hydrogen) atoms.